The molecule has 2 aliphatic heterocycles. The van der Waals surface area contributed by atoms with Crippen LogP contribution < -0.4 is 16.0 Å². The summed E-state index contributed by atoms with van der Waals surface area (Å²) in [4.78, 5) is 28.1. The summed E-state index contributed by atoms with van der Waals surface area (Å²) in [6.07, 6.45) is 0.544. The summed E-state index contributed by atoms with van der Waals surface area (Å²) in [6.45, 7) is 6.20. The third-order valence-corrected chi connectivity index (χ3v) is 7.88. The summed E-state index contributed by atoms with van der Waals surface area (Å²) in [5.41, 5.74) is 1.17. The van der Waals surface area contributed by atoms with Gasteiger partial charge in [0.25, 0.3) is 0 Å². The molecule has 3 aromatic carbocycles. The molecule has 2 amide bonds. The Morgan fingerprint density at radius 2 is 1.79 bits per heavy atom. The second-order valence-corrected chi connectivity index (χ2v) is 12.2. The maximum absolute atomic E-state index is 14.8. The number of carbonyl (C=O) groups is 2. The smallest absolute Gasteiger partial charge is 0.242 e. The lowest BCUT2D eigenvalue weighted by atomic mass is 9.62. The van der Waals surface area contributed by atoms with Crippen molar-refractivity contribution in [2.45, 2.75) is 50.6 Å². The van der Waals surface area contributed by atoms with Crippen molar-refractivity contribution in [3.05, 3.63) is 93.2 Å². The molecule has 2 aliphatic rings. The van der Waals surface area contributed by atoms with Gasteiger partial charge in [-0.1, -0.05) is 50.0 Å². The zero-order valence-corrected chi connectivity index (χ0v) is 23.1. The molecule has 6 nitrogen and oxygen atoms in total. The lowest BCUT2D eigenvalue weighted by Crippen LogP contribution is -2.49. The first-order valence-corrected chi connectivity index (χ1v) is 13.3. The van der Waals surface area contributed by atoms with Crippen molar-refractivity contribution in [2.24, 2.45) is 5.41 Å². The first-order chi connectivity index (χ1) is 18.4. The average Bonchev–Trinajstić information content (AvgIpc) is 3.32. The summed E-state index contributed by atoms with van der Waals surface area (Å²) in [6, 6.07) is 16.5. The molecule has 2 heterocycles. The molecule has 0 saturated carbocycles. The number of fused-ring (bicyclic) bond motifs is 2. The predicted molar refractivity (Wildman–Crippen MR) is 150 cm³/mol. The molecule has 3 aromatic rings. The van der Waals surface area contributed by atoms with Gasteiger partial charge in [-0.15, -0.1) is 0 Å². The number of benzene rings is 3. The van der Waals surface area contributed by atoms with Crippen molar-refractivity contribution in [1.29, 1.82) is 5.26 Å². The van der Waals surface area contributed by atoms with E-state index in [1.807, 2.05) is 6.07 Å². The standard InChI is InChI=1S/C30H27Cl2FN4O2/c1-29(2,3)14-24-30(22-9-6-18(31)13-23(22)36-28(30)39)25(17-10-19(32)12-20(33)11-17)26(37-24)27(38)35-21-7-4-16(15-34)5-8-21/h4-13,24-26,37H,14H2,1-3H3,(H,35,38)(H,36,39). The van der Waals surface area contributed by atoms with Gasteiger partial charge in [-0.25, -0.2) is 4.39 Å². The number of hydrogen-bond donors (Lipinski definition) is 3. The Kier molecular flexibility index (Phi) is 6.92. The average molecular weight is 565 g/mol. The van der Waals surface area contributed by atoms with Crippen LogP contribution in [0.2, 0.25) is 10.0 Å². The fraction of sp³-hybridized carbons (Fsp3) is 0.300. The molecule has 0 radical (unpaired) electrons. The van der Waals surface area contributed by atoms with E-state index in [0.29, 0.717) is 39.5 Å². The van der Waals surface area contributed by atoms with Gasteiger partial charge in [-0.3, -0.25) is 9.59 Å². The minimum absolute atomic E-state index is 0.167. The third kappa shape index (κ3) is 4.89. The summed E-state index contributed by atoms with van der Waals surface area (Å²) >= 11 is 12.6. The van der Waals surface area contributed by atoms with Crippen LogP contribution in [0, 0.1) is 22.6 Å². The third-order valence-electron chi connectivity index (χ3n) is 7.43. The fourth-order valence-corrected chi connectivity index (χ4v) is 6.43. The van der Waals surface area contributed by atoms with Crippen LogP contribution in [-0.2, 0) is 15.0 Å². The van der Waals surface area contributed by atoms with Gasteiger partial charge in [0.1, 0.15) is 11.2 Å². The second-order valence-electron chi connectivity index (χ2n) is 11.3. The fourth-order valence-electron chi connectivity index (χ4n) is 6.02. The monoisotopic (exact) mass is 564 g/mol. The number of carbonyl (C=O) groups excluding carboxylic acids is 2. The lowest BCUT2D eigenvalue weighted by Gasteiger charge is -2.37. The summed E-state index contributed by atoms with van der Waals surface area (Å²) < 4.78 is 14.8. The Labute approximate surface area is 236 Å². The van der Waals surface area contributed by atoms with Gasteiger partial charge in [0.15, 0.2) is 0 Å². The number of amides is 2. The van der Waals surface area contributed by atoms with E-state index in [-0.39, 0.29) is 16.3 Å². The number of nitrogens with one attached hydrogen (secondary N) is 3. The van der Waals surface area contributed by atoms with Crippen LogP contribution in [0.3, 0.4) is 0 Å². The van der Waals surface area contributed by atoms with Crippen LogP contribution in [-0.4, -0.2) is 23.9 Å². The van der Waals surface area contributed by atoms with Crippen molar-refractivity contribution in [1.82, 2.24) is 5.32 Å². The van der Waals surface area contributed by atoms with E-state index < -0.39 is 35.1 Å². The number of hydrogen-bond acceptors (Lipinski definition) is 4. The Morgan fingerprint density at radius 1 is 1.08 bits per heavy atom. The molecule has 4 unspecified atom stereocenters. The van der Waals surface area contributed by atoms with Crippen molar-refractivity contribution in [3.8, 4) is 6.07 Å². The van der Waals surface area contributed by atoms with Gasteiger partial charge >= 0.3 is 0 Å². The van der Waals surface area contributed by atoms with Crippen LogP contribution in [0.25, 0.3) is 0 Å². The first-order valence-electron chi connectivity index (χ1n) is 12.6. The molecule has 0 aliphatic carbocycles. The van der Waals surface area contributed by atoms with Gasteiger partial charge in [0.05, 0.1) is 17.7 Å². The minimum atomic E-state index is -1.25. The zero-order chi connectivity index (χ0) is 28.1. The van der Waals surface area contributed by atoms with E-state index in [0.717, 1.165) is 0 Å². The summed E-state index contributed by atoms with van der Waals surface area (Å²) in [7, 11) is 0. The van der Waals surface area contributed by atoms with Crippen molar-refractivity contribution >= 4 is 46.4 Å². The van der Waals surface area contributed by atoms with Gasteiger partial charge in [-0.05, 0) is 77.6 Å². The van der Waals surface area contributed by atoms with E-state index in [1.54, 1.807) is 42.5 Å². The SMILES string of the molecule is CC(C)(C)CC1NC(C(=O)Nc2ccc(C#N)cc2)C(c2cc(F)cc(Cl)c2)C12C(=O)Nc1cc(Cl)ccc12. The molecule has 1 fully saturated rings. The molecule has 4 atom stereocenters. The summed E-state index contributed by atoms with van der Waals surface area (Å²) in [5, 5.41) is 19.1. The normalized spacial score (nSPS) is 23.8. The van der Waals surface area contributed by atoms with Crippen LogP contribution in [0.1, 0.15) is 49.8 Å². The highest BCUT2D eigenvalue weighted by molar-refractivity contribution is 6.31. The van der Waals surface area contributed by atoms with Gasteiger partial charge in [-0.2, -0.15) is 5.26 Å². The summed E-state index contributed by atoms with van der Waals surface area (Å²) in [5.74, 6) is -2.05. The first kappa shape index (κ1) is 27.1. The van der Waals surface area contributed by atoms with E-state index in [9.17, 15) is 14.0 Å². The zero-order valence-electron chi connectivity index (χ0n) is 21.6. The molecule has 5 rings (SSSR count). The number of nitriles is 1. The maximum Gasteiger partial charge on any atom is 0.242 e. The van der Waals surface area contributed by atoms with Gasteiger partial charge in [0.2, 0.25) is 11.8 Å². The number of nitrogens with zero attached hydrogens (tertiary/aromatic N) is 1. The van der Waals surface area contributed by atoms with Crippen LogP contribution in [0.4, 0.5) is 15.8 Å². The van der Waals surface area contributed by atoms with Crippen LogP contribution in [0.5, 0.6) is 0 Å². The van der Waals surface area contributed by atoms with E-state index >= 15 is 0 Å². The largest absolute Gasteiger partial charge is 0.325 e. The Hall–Kier alpha value is -3.44. The minimum Gasteiger partial charge on any atom is -0.325 e. The molecular weight excluding hydrogens is 538 g/mol. The molecule has 1 saturated heterocycles. The number of halogens is 3. The quantitative estimate of drug-likeness (QED) is 0.342. The molecule has 200 valence electrons. The van der Waals surface area contributed by atoms with Crippen molar-refractivity contribution in [2.75, 3.05) is 10.6 Å². The van der Waals surface area contributed by atoms with E-state index in [2.05, 4.69) is 42.8 Å². The topological polar surface area (TPSA) is 94.0 Å². The Morgan fingerprint density at radius 3 is 2.44 bits per heavy atom. The highest BCUT2D eigenvalue weighted by Gasteiger charge is 2.65. The second kappa shape index (κ2) is 9.95. The lowest BCUT2D eigenvalue weighted by molar-refractivity contribution is -0.122. The van der Waals surface area contributed by atoms with Crippen LogP contribution in [0.15, 0.2) is 60.7 Å². The Balaban J connectivity index is 1.70. The molecule has 0 aromatic heterocycles. The van der Waals surface area contributed by atoms with Crippen LogP contribution >= 0.6 is 23.2 Å². The molecule has 0 bridgehead atoms. The van der Waals surface area contributed by atoms with Crippen molar-refractivity contribution in [3.63, 3.8) is 0 Å². The molecule has 3 N–H and O–H groups in total. The van der Waals surface area contributed by atoms with E-state index in [1.165, 1.54) is 12.1 Å². The van der Waals surface area contributed by atoms with E-state index in [4.69, 9.17) is 28.5 Å². The predicted octanol–water partition coefficient (Wildman–Crippen LogP) is 6.39. The molecule has 39 heavy (non-hydrogen) atoms. The van der Waals surface area contributed by atoms with Crippen molar-refractivity contribution < 1.29 is 14.0 Å². The van der Waals surface area contributed by atoms with Gasteiger partial charge < -0.3 is 16.0 Å². The van der Waals surface area contributed by atoms with Gasteiger partial charge in [0, 0.05) is 33.4 Å². The number of rotatable bonds is 4. The molecule has 1 spiro atoms. The molecular formula is C30H27Cl2FN4O2. The molecule has 9 heteroatoms. The highest BCUT2D eigenvalue weighted by Crippen LogP contribution is 2.57. The number of anilines is 2. The maximum atomic E-state index is 14.8. The highest BCUT2D eigenvalue weighted by atomic mass is 35.5. The Bertz CT molecular complexity index is 1490.